The second-order valence-corrected chi connectivity index (χ2v) is 15.8. The van der Waals surface area contributed by atoms with Crippen LogP contribution in [0, 0.1) is 5.41 Å². The summed E-state index contributed by atoms with van der Waals surface area (Å²) in [5, 5.41) is 1.08. The number of rotatable bonds is 8. The van der Waals surface area contributed by atoms with Crippen molar-refractivity contribution in [3.05, 3.63) is 53.6 Å². The van der Waals surface area contributed by atoms with Gasteiger partial charge in [0.25, 0.3) is 5.91 Å². The second kappa shape index (κ2) is 12.3. The third kappa shape index (κ3) is 6.06. The zero-order chi connectivity index (χ0) is 32.1. The van der Waals surface area contributed by atoms with Gasteiger partial charge in [-0.2, -0.15) is 0 Å². The van der Waals surface area contributed by atoms with Crippen molar-refractivity contribution in [2.75, 3.05) is 39.5 Å². The van der Waals surface area contributed by atoms with Gasteiger partial charge in [-0.15, -0.1) is 0 Å². The average molecular weight is 647 g/mol. The molecule has 3 heterocycles. The van der Waals surface area contributed by atoms with Gasteiger partial charge < -0.3 is 14.2 Å². The highest BCUT2D eigenvalue weighted by atomic mass is 32.2. The van der Waals surface area contributed by atoms with Gasteiger partial charge in [0.2, 0.25) is 15.9 Å². The largest absolute Gasteiger partial charge is 0.497 e. The van der Waals surface area contributed by atoms with Gasteiger partial charge in [-0.3, -0.25) is 14.5 Å². The quantitative estimate of drug-likeness (QED) is 0.346. The minimum absolute atomic E-state index is 0.255. The lowest BCUT2D eigenvalue weighted by Gasteiger charge is -2.45. The highest BCUT2D eigenvalue weighted by molar-refractivity contribution is 7.89. The molecule has 1 aromatic heterocycles. The maximum atomic E-state index is 14.4. The lowest BCUT2D eigenvalue weighted by Crippen LogP contribution is -2.57. The molecule has 2 aliphatic heterocycles. The summed E-state index contributed by atoms with van der Waals surface area (Å²) in [4.78, 5) is 32.2. The van der Waals surface area contributed by atoms with E-state index >= 15 is 0 Å². The number of sulfonamides is 1. The Labute approximate surface area is 272 Å². The molecule has 9 nitrogen and oxygen atoms in total. The SMILES string of the molecule is COc1ccc(-c2c(C3CCCCC3)c3ccc(C(=O)NS(C)(=O)=O)cc3n2CC2(C(=O)N3CCN4CCCCC4C3)CC2)cc1. The highest BCUT2D eigenvalue weighted by Crippen LogP contribution is 2.52. The van der Waals surface area contributed by atoms with Crippen molar-refractivity contribution in [3.63, 3.8) is 0 Å². The minimum atomic E-state index is -3.73. The fourth-order valence-electron chi connectivity index (χ4n) is 8.34. The van der Waals surface area contributed by atoms with Gasteiger partial charge >= 0.3 is 0 Å². The molecule has 2 amide bonds. The van der Waals surface area contributed by atoms with E-state index in [0.29, 0.717) is 18.5 Å². The number of ether oxygens (including phenoxy) is 1. The van der Waals surface area contributed by atoms with Crippen LogP contribution in [0.2, 0.25) is 0 Å². The summed E-state index contributed by atoms with van der Waals surface area (Å²) in [5.41, 5.74) is 4.11. The summed E-state index contributed by atoms with van der Waals surface area (Å²) < 4.78 is 33.9. The predicted octanol–water partition coefficient (Wildman–Crippen LogP) is 5.53. The van der Waals surface area contributed by atoms with E-state index in [4.69, 9.17) is 4.74 Å². The van der Waals surface area contributed by atoms with Crippen molar-refractivity contribution in [2.24, 2.45) is 5.41 Å². The van der Waals surface area contributed by atoms with Crippen LogP contribution in [0.5, 0.6) is 5.75 Å². The molecule has 0 bridgehead atoms. The molecule has 0 spiro atoms. The zero-order valence-corrected chi connectivity index (χ0v) is 27.9. The first-order valence-corrected chi connectivity index (χ1v) is 18.9. The number of nitrogens with one attached hydrogen (secondary N) is 1. The molecule has 10 heteroatoms. The van der Waals surface area contributed by atoms with Crippen molar-refractivity contribution in [3.8, 4) is 17.0 Å². The molecule has 4 fully saturated rings. The lowest BCUT2D eigenvalue weighted by molar-refractivity contribution is -0.141. The van der Waals surface area contributed by atoms with Crippen LogP contribution in [0.15, 0.2) is 42.5 Å². The van der Waals surface area contributed by atoms with E-state index in [1.807, 2.05) is 24.3 Å². The smallest absolute Gasteiger partial charge is 0.264 e. The monoisotopic (exact) mass is 646 g/mol. The highest BCUT2D eigenvalue weighted by Gasteiger charge is 2.53. The van der Waals surface area contributed by atoms with E-state index in [1.165, 1.54) is 37.7 Å². The molecule has 4 aliphatic rings. The van der Waals surface area contributed by atoms with Gasteiger partial charge in [-0.05, 0) is 98.5 Å². The predicted molar refractivity (Wildman–Crippen MR) is 180 cm³/mol. The number of piperazine rings is 1. The fraction of sp³-hybridized carbons (Fsp3) is 0.556. The number of aromatic nitrogens is 1. The summed E-state index contributed by atoms with van der Waals surface area (Å²) in [6, 6.07) is 14.2. The van der Waals surface area contributed by atoms with Crippen LogP contribution in [0.3, 0.4) is 0 Å². The first-order chi connectivity index (χ1) is 22.2. The van der Waals surface area contributed by atoms with Crippen molar-refractivity contribution < 1.29 is 22.7 Å². The number of hydrogen-bond donors (Lipinski definition) is 1. The van der Waals surface area contributed by atoms with Crippen LogP contribution in [-0.2, 0) is 21.4 Å². The first-order valence-electron chi connectivity index (χ1n) is 17.0. The van der Waals surface area contributed by atoms with Crippen LogP contribution in [0.4, 0.5) is 0 Å². The third-order valence-corrected chi connectivity index (χ3v) is 11.5. The molecule has 46 heavy (non-hydrogen) atoms. The Morgan fingerprint density at radius 3 is 2.37 bits per heavy atom. The number of amides is 2. The molecule has 1 atom stereocenters. The Kier molecular flexibility index (Phi) is 8.38. The van der Waals surface area contributed by atoms with Gasteiger partial charge in [-0.25, -0.2) is 13.1 Å². The van der Waals surface area contributed by atoms with E-state index in [2.05, 4.69) is 31.2 Å². The number of carbonyl (C=O) groups excluding carboxylic acids is 2. The molecule has 246 valence electrons. The van der Waals surface area contributed by atoms with E-state index in [9.17, 15) is 18.0 Å². The van der Waals surface area contributed by atoms with Crippen LogP contribution >= 0.6 is 0 Å². The molecule has 0 radical (unpaired) electrons. The Balaban J connectivity index is 1.34. The van der Waals surface area contributed by atoms with Gasteiger partial charge in [0, 0.05) is 48.7 Å². The Morgan fingerprint density at radius 1 is 0.935 bits per heavy atom. The van der Waals surface area contributed by atoms with Crippen LogP contribution in [-0.4, -0.2) is 80.2 Å². The average Bonchev–Trinajstić information content (AvgIpc) is 3.79. The van der Waals surface area contributed by atoms with Gasteiger partial charge in [0.1, 0.15) is 5.75 Å². The summed E-state index contributed by atoms with van der Waals surface area (Å²) in [5.74, 6) is 0.743. The maximum Gasteiger partial charge on any atom is 0.264 e. The van der Waals surface area contributed by atoms with Crippen molar-refractivity contribution in [1.82, 2.24) is 19.1 Å². The second-order valence-electron chi connectivity index (χ2n) is 14.1. The van der Waals surface area contributed by atoms with Gasteiger partial charge in [0.15, 0.2) is 0 Å². The summed E-state index contributed by atoms with van der Waals surface area (Å²) in [6.45, 7) is 4.19. The molecule has 2 saturated heterocycles. The van der Waals surface area contributed by atoms with E-state index in [-0.39, 0.29) is 11.5 Å². The Bertz CT molecular complexity index is 1740. The summed E-state index contributed by atoms with van der Waals surface area (Å²) in [6.07, 6.45) is 12.1. The number of benzene rings is 2. The molecule has 7 rings (SSSR count). The molecular weight excluding hydrogens is 600 g/mol. The number of nitrogens with zero attached hydrogens (tertiary/aromatic N) is 3. The summed E-state index contributed by atoms with van der Waals surface area (Å²) in [7, 11) is -2.06. The molecular formula is C36H46N4O5S. The van der Waals surface area contributed by atoms with E-state index in [0.717, 1.165) is 92.4 Å². The molecule has 2 aromatic carbocycles. The number of fused-ring (bicyclic) bond motifs is 2. The van der Waals surface area contributed by atoms with Crippen LogP contribution < -0.4 is 9.46 Å². The first kappa shape index (κ1) is 31.2. The number of carbonyl (C=O) groups is 2. The Hall–Kier alpha value is -3.37. The van der Waals surface area contributed by atoms with E-state index in [1.54, 1.807) is 13.2 Å². The molecule has 1 N–H and O–H groups in total. The molecule has 2 saturated carbocycles. The van der Waals surface area contributed by atoms with E-state index < -0.39 is 21.3 Å². The number of piperidine rings is 1. The van der Waals surface area contributed by atoms with Crippen molar-refractivity contribution in [2.45, 2.75) is 82.7 Å². The van der Waals surface area contributed by atoms with Crippen LogP contribution in [0.1, 0.15) is 86.0 Å². The zero-order valence-electron chi connectivity index (χ0n) is 27.1. The van der Waals surface area contributed by atoms with Gasteiger partial charge in [-0.1, -0.05) is 31.7 Å². The number of hydrogen-bond acceptors (Lipinski definition) is 6. The fourth-order valence-corrected chi connectivity index (χ4v) is 8.80. The molecule has 1 unspecified atom stereocenters. The molecule has 2 aliphatic carbocycles. The van der Waals surface area contributed by atoms with Crippen molar-refractivity contribution >= 4 is 32.7 Å². The van der Waals surface area contributed by atoms with Crippen molar-refractivity contribution in [1.29, 1.82) is 0 Å². The normalized spacial score (nSPS) is 22.0. The topological polar surface area (TPSA) is 101 Å². The molecule has 3 aromatic rings. The Morgan fingerprint density at radius 2 is 1.67 bits per heavy atom. The minimum Gasteiger partial charge on any atom is -0.497 e. The van der Waals surface area contributed by atoms with Gasteiger partial charge in [0.05, 0.1) is 24.5 Å². The standard InChI is InChI=1S/C36H46N4O5S/c1-45-29-14-11-26(12-15-29)33-32(25-8-4-3-5-9-25)30-16-13-27(34(41)37-46(2,43)44)22-31(30)40(33)24-36(17-18-36)35(42)39-21-20-38-19-7-6-10-28(38)23-39/h11-16,22,25,28H,3-10,17-21,23-24H2,1-2H3,(H,37,41). The summed E-state index contributed by atoms with van der Waals surface area (Å²) >= 11 is 0. The van der Waals surface area contributed by atoms with Crippen LogP contribution in [0.25, 0.3) is 22.2 Å². The number of methoxy groups -OCH3 is 1. The lowest BCUT2D eigenvalue weighted by atomic mass is 9.81. The maximum absolute atomic E-state index is 14.4. The third-order valence-electron chi connectivity index (χ3n) is 10.9.